The van der Waals surface area contributed by atoms with Crippen LogP contribution in [0.15, 0.2) is 89.1 Å². The lowest BCUT2D eigenvalue weighted by Gasteiger charge is -2.23. The molecule has 1 aliphatic rings. The van der Waals surface area contributed by atoms with Gasteiger partial charge in [0.25, 0.3) is 0 Å². The van der Waals surface area contributed by atoms with Gasteiger partial charge in [0, 0.05) is 0 Å². The standard InChI is InChI=1S/C28H31N3O3/c1-3-4-5-7-10-22(2)33-26-15-13-23(14-16-26)27(32)34-28(21-29)19-17-25(18-20-28)31-30-24-11-8-6-9-12-24/h6,8-9,11-20,22,25H,3-5,7,10H2,1-2H3/b31-30+/t22-,25?,28?/m0/s1. The lowest BCUT2D eigenvalue weighted by atomic mass is 9.97. The fourth-order valence-electron chi connectivity index (χ4n) is 3.50. The fourth-order valence-corrected chi connectivity index (χ4v) is 3.50. The number of nitriles is 1. The van der Waals surface area contributed by atoms with Crippen LogP contribution in [0.5, 0.6) is 5.75 Å². The highest BCUT2D eigenvalue weighted by molar-refractivity contribution is 5.90. The number of hydrogen-bond donors (Lipinski definition) is 0. The molecule has 3 rings (SSSR count). The van der Waals surface area contributed by atoms with E-state index in [0.29, 0.717) is 11.3 Å². The van der Waals surface area contributed by atoms with Crippen LogP contribution in [-0.2, 0) is 4.74 Å². The van der Waals surface area contributed by atoms with Crippen molar-refractivity contribution >= 4 is 11.7 Å². The van der Waals surface area contributed by atoms with Crippen molar-refractivity contribution in [2.24, 2.45) is 10.2 Å². The molecule has 0 N–H and O–H groups in total. The fraction of sp³-hybridized carbons (Fsp3) is 0.357. The number of benzene rings is 2. The van der Waals surface area contributed by atoms with Crippen LogP contribution in [0, 0.1) is 11.3 Å². The summed E-state index contributed by atoms with van der Waals surface area (Å²) < 4.78 is 11.5. The molecule has 0 saturated carbocycles. The Morgan fingerprint density at radius 2 is 1.76 bits per heavy atom. The van der Waals surface area contributed by atoms with E-state index in [-0.39, 0.29) is 12.1 Å². The summed E-state index contributed by atoms with van der Waals surface area (Å²) in [6.45, 7) is 4.25. The average molecular weight is 458 g/mol. The van der Waals surface area contributed by atoms with Crippen molar-refractivity contribution in [1.29, 1.82) is 5.26 Å². The molecule has 2 aromatic rings. The lowest BCUT2D eigenvalue weighted by molar-refractivity contribution is 0.0338. The molecule has 0 amide bonds. The van der Waals surface area contributed by atoms with E-state index in [1.807, 2.05) is 30.3 Å². The Morgan fingerprint density at radius 1 is 1.06 bits per heavy atom. The number of rotatable bonds is 11. The molecule has 34 heavy (non-hydrogen) atoms. The maximum atomic E-state index is 12.7. The van der Waals surface area contributed by atoms with Gasteiger partial charge < -0.3 is 9.47 Å². The summed E-state index contributed by atoms with van der Waals surface area (Å²) >= 11 is 0. The second kappa shape index (κ2) is 12.5. The van der Waals surface area contributed by atoms with E-state index in [1.165, 1.54) is 31.4 Å². The summed E-state index contributed by atoms with van der Waals surface area (Å²) in [4.78, 5) is 12.7. The third-order valence-electron chi connectivity index (χ3n) is 5.47. The number of ether oxygens (including phenoxy) is 2. The van der Waals surface area contributed by atoms with Gasteiger partial charge in [-0.2, -0.15) is 15.5 Å². The van der Waals surface area contributed by atoms with E-state index < -0.39 is 11.6 Å². The Morgan fingerprint density at radius 3 is 2.41 bits per heavy atom. The number of carbonyl (C=O) groups is 1. The molecule has 0 fully saturated rings. The van der Waals surface area contributed by atoms with Crippen LogP contribution < -0.4 is 4.74 Å². The van der Waals surface area contributed by atoms with E-state index in [0.717, 1.165) is 18.5 Å². The minimum Gasteiger partial charge on any atom is -0.491 e. The van der Waals surface area contributed by atoms with Crippen molar-refractivity contribution in [3.63, 3.8) is 0 Å². The van der Waals surface area contributed by atoms with Crippen LogP contribution in [0.3, 0.4) is 0 Å². The number of carbonyl (C=O) groups excluding carboxylic acids is 1. The van der Waals surface area contributed by atoms with Crippen molar-refractivity contribution in [3.05, 3.63) is 84.5 Å². The van der Waals surface area contributed by atoms with Crippen LogP contribution in [0.25, 0.3) is 0 Å². The smallest absolute Gasteiger partial charge is 0.340 e. The first-order chi connectivity index (χ1) is 16.5. The molecule has 0 spiro atoms. The Balaban J connectivity index is 1.54. The van der Waals surface area contributed by atoms with Crippen LogP contribution >= 0.6 is 0 Å². The molecule has 176 valence electrons. The Hall–Kier alpha value is -3.72. The van der Waals surface area contributed by atoms with Crippen molar-refractivity contribution < 1.29 is 14.3 Å². The van der Waals surface area contributed by atoms with Gasteiger partial charge in [0.2, 0.25) is 5.60 Å². The molecule has 6 heteroatoms. The summed E-state index contributed by atoms with van der Waals surface area (Å²) in [7, 11) is 0. The van der Waals surface area contributed by atoms with Crippen molar-refractivity contribution in [3.8, 4) is 11.8 Å². The Kier molecular flexibility index (Phi) is 9.16. The average Bonchev–Trinajstić information content (AvgIpc) is 2.87. The summed E-state index contributed by atoms with van der Waals surface area (Å²) in [5.41, 5.74) is -0.380. The molecule has 0 saturated heterocycles. The van der Waals surface area contributed by atoms with Gasteiger partial charge in [0.1, 0.15) is 17.9 Å². The van der Waals surface area contributed by atoms with Gasteiger partial charge in [-0.25, -0.2) is 4.79 Å². The second-order valence-corrected chi connectivity index (χ2v) is 8.36. The molecular formula is C28H31N3O3. The zero-order valence-electron chi connectivity index (χ0n) is 19.8. The largest absolute Gasteiger partial charge is 0.491 e. The van der Waals surface area contributed by atoms with Crippen LogP contribution in [0.4, 0.5) is 5.69 Å². The molecule has 2 aromatic carbocycles. The maximum absolute atomic E-state index is 12.7. The van der Waals surface area contributed by atoms with Crippen molar-refractivity contribution in [2.75, 3.05) is 0 Å². The van der Waals surface area contributed by atoms with E-state index >= 15 is 0 Å². The van der Waals surface area contributed by atoms with Gasteiger partial charge >= 0.3 is 5.97 Å². The van der Waals surface area contributed by atoms with E-state index in [9.17, 15) is 10.1 Å². The first kappa shape index (κ1) is 24.9. The number of nitrogens with zero attached hydrogens (tertiary/aromatic N) is 3. The van der Waals surface area contributed by atoms with Gasteiger partial charge in [-0.15, -0.1) is 0 Å². The molecule has 0 radical (unpaired) electrons. The normalized spacial score (nSPS) is 20.1. The van der Waals surface area contributed by atoms with Crippen LogP contribution in [0.1, 0.15) is 56.3 Å². The minimum absolute atomic E-state index is 0.112. The predicted molar refractivity (Wildman–Crippen MR) is 132 cm³/mol. The maximum Gasteiger partial charge on any atom is 0.340 e. The quantitative estimate of drug-likeness (QED) is 0.156. The number of esters is 1. The van der Waals surface area contributed by atoms with Gasteiger partial charge in [0.15, 0.2) is 0 Å². The topological polar surface area (TPSA) is 84.0 Å². The van der Waals surface area contributed by atoms with Crippen LogP contribution in [-0.4, -0.2) is 23.7 Å². The van der Waals surface area contributed by atoms with Gasteiger partial charge in [-0.05, 0) is 68.3 Å². The summed E-state index contributed by atoms with van der Waals surface area (Å²) in [5.74, 6) is 0.123. The zero-order valence-corrected chi connectivity index (χ0v) is 19.8. The van der Waals surface area contributed by atoms with Gasteiger partial charge in [0.05, 0.1) is 17.4 Å². The van der Waals surface area contributed by atoms with E-state index in [2.05, 4.69) is 30.1 Å². The highest BCUT2D eigenvalue weighted by Crippen LogP contribution is 2.24. The molecule has 0 unspecified atom stereocenters. The monoisotopic (exact) mass is 457 g/mol. The SMILES string of the molecule is CCCCCC[C@H](C)Oc1ccc(C(=O)OC2(C#N)C=CC(/N=N/c3ccccc3)C=C2)cc1. The first-order valence-electron chi connectivity index (χ1n) is 11.8. The number of unbranched alkanes of at least 4 members (excludes halogenated alkanes) is 3. The first-order valence-corrected chi connectivity index (χ1v) is 11.8. The molecule has 1 aliphatic carbocycles. The van der Waals surface area contributed by atoms with E-state index in [4.69, 9.17) is 9.47 Å². The predicted octanol–water partition coefficient (Wildman–Crippen LogP) is 7.12. The van der Waals surface area contributed by atoms with Crippen molar-refractivity contribution in [1.82, 2.24) is 0 Å². The third-order valence-corrected chi connectivity index (χ3v) is 5.47. The highest BCUT2D eigenvalue weighted by atomic mass is 16.6. The molecule has 0 aliphatic heterocycles. The number of hydrogen-bond acceptors (Lipinski definition) is 6. The summed E-state index contributed by atoms with van der Waals surface area (Å²) in [5, 5.41) is 18.1. The second-order valence-electron chi connectivity index (χ2n) is 8.36. The number of azo groups is 1. The zero-order chi connectivity index (χ0) is 24.2. The Labute approximate surface area is 201 Å². The molecule has 0 heterocycles. The van der Waals surface area contributed by atoms with Crippen molar-refractivity contribution in [2.45, 2.75) is 63.7 Å². The minimum atomic E-state index is -1.47. The summed E-state index contributed by atoms with van der Waals surface area (Å²) in [6.07, 6.45) is 12.4. The van der Waals surface area contributed by atoms with Gasteiger partial charge in [-0.3, -0.25) is 0 Å². The molecule has 6 nitrogen and oxygen atoms in total. The van der Waals surface area contributed by atoms with E-state index in [1.54, 1.807) is 36.4 Å². The van der Waals surface area contributed by atoms with Crippen LogP contribution in [0.2, 0.25) is 0 Å². The molecular weight excluding hydrogens is 426 g/mol. The Bertz CT molecular complexity index is 1040. The molecule has 0 aromatic heterocycles. The third kappa shape index (κ3) is 7.41. The molecule has 0 bridgehead atoms. The molecule has 1 atom stereocenters. The summed E-state index contributed by atoms with van der Waals surface area (Å²) in [6, 6.07) is 17.9. The lowest BCUT2D eigenvalue weighted by Crippen LogP contribution is -2.31. The highest BCUT2D eigenvalue weighted by Gasteiger charge is 2.32. The van der Waals surface area contributed by atoms with Gasteiger partial charge in [-0.1, -0.05) is 56.5 Å².